The Kier molecular flexibility index (Phi) is 7.46. The Morgan fingerprint density at radius 1 is 0.359 bits per heavy atom. The molecule has 298 valence electrons. The van der Waals surface area contributed by atoms with Crippen LogP contribution in [0.4, 0.5) is 0 Å². The predicted octanol–water partition coefficient (Wildman–Crippen LogP) is 15.3. The second kappa shape index (κ2) is 13.6. The average Bonchev–Trinajstić information content (AvgIpc) is 4.12. The van der Waals surface area contributed by atoms with Gasteiger partial charge in [-0.1, -0.05) is 115 Å². The second-order valence-corrected chi connectivity index (χ2v) is 17.4. The zero-order valence-electron chi connectivity index (χ0n) is 34.1. The largest absolute Gasteiger partial charge is 0.455 e. The lowest BCUT2D eigenvalue weighted by Gasteiger charge is -2.10. The molecule has 5 aromatic heterocycles. The van der Waals surface area contributed by atoms with Gasteiger partial charge in [0.05, 0.1) is 27.5 Å². The summed E-state index contributed by atoms with van der Waals surface area (Å²) < 4.78 is 14.0. The molecule has 0 amide bonds. The van der Waals surface area contributed by atoms with E-state index in [-0.39, 0.29) is 0 Å². The van der Waals surface area contributed by atoms with Crippen molar-refractivity contribution >= 4 is 97.1 Å². The summed E-state index contributed by atoms with van der Waals surface area (Å²) in [5, 5.41) is 9.30. The van der Waals surface area contributed by atoms with Gasteiger partial charge in [-0.2, -0.15) is 0 Å². The lowest BCUT2D eigenvalue weighted by atomic mass is 10.1. The smallest absolute Gasteiger partial charge is 0.164 e. The topological polar surface area (TPSA) is 61.7 Å². The maximum atomic E-state index is 6.73. The van der Waals surface area contributed by atoms with E-state index in [1.165, 1.54) is 30.9 Å². The van der Waals surface area contributed by atoms with Gasteiger partial charge in [0.25, 0.3) is 0 Å². The standard InChI is InChI=1S/C57H33N5OS/c1-4-14-34(15-5-1)55-58-56(35-16-6-2-7-17-35)60-57(59-55)36-24-30-49-43(32-36)44-33-38(25-31-50(44)64-49)61-45-22-12-10-21-41(45)51-46(61)29-27-42-52-47(62(53(42)51)37-18-8-3-9-19-37)28-26-40-39-20-11-13-23-48(39)63-54(40)52/h1-33H. The Labute approximate surface area is 369 Å². The molecule has 5 heterocycles. The lowest BCUT2D eigenvalue weighted by molar-refractivity contribution is 0.673. The minimum Gasteiger partial charge on any atom is -0.455 e. The van der Waals surface area contributed by atoms with Crippen molar-refractivity contribution in [2.75, 3.05) is 0 Å². The third-order valence-electron chi connectivity index (χ3n) is 12.8. The van der Waals surface area contributed by atoms with E-state index in [1.54, 1.807) is 0 Å². The van der Waals surface area contributed by atoms with Gasteiger partial charge in [-0.25, -0.2) is 15.0 Å². The minimum atomic E-state index is 0.644. The number of fused-ring (bicyclic) bond motifs is 14. The number of hydrogen-bond donors (Lipinski definition) is 0. The fraction of sp³-hybridized carbons (Fsp3) is 0. The van der Waals surface area contributed by atoms with Crippen LogP contribution >= 0.6 is 11.3 Å². The van der Waals surface area contributed by atoms with E-state index in [1.807, 2.05) is 78.1 Å². The zero-order chi connectivity index (χ0) is 41.9. The van der Waals surface area contributed by atoms with Crippen LogP contribution in [-0.4, -0.2) is 24.1 Å². The van der Waals surface area contributed by atoms with Crippen molar-refractivity contribution in [1.82, 2.24) is 24.1 Å². The van der Waals surface area contributed by atoms with Crippen molar-refractivity contribution in [2.24, 2.45) is 0 Å². The molecule has 0 N–H and O–H groups in total. The number of aromatic nitrogens is 5. The van der Waals surface area contributed by atoms with Gasteiger partial charge >= 0.3 is 0 Å². The van der Waals surface area contributed by atoms with E-state index >= 15 is 0 Å². The van der Waals surface area contributed by atoms with E-state index in [4.69, 9.17) is 19.4 Å². The number of nitrogens with zero attached hydrogens (tertiary/aromatic N) is 5. The highest BCUT2D eigenvalue weighted by atomic mass is 32.1. The van der Waals surface area contributed by atoms with Crippen LogP contribution in [0.1, 0.15) is 0 Å². The Hall–Kier alpha value is -8.39. The first kappa shape index (κ1) is 35.2. The molecule has 9 aromatic carbocycles. The van der Waals surface area contributed by atoms with Crippen LogP contribution in [-0.2, 0) is 0 Å². The van der Waals surface area contributed by atoms with Crippen molar-refractivity contribution in [3.63, 3.8) is 0 Å². The molecule has 6 nitrogen and oxygen atoms in total. The number of thiophene rings is 1. The average molecular weight is 836 g/mol. The van der Waals surface area contributed by atoms with E-state index < -0.39 is 0 Å². The van der Waals surface area contributed by atoms with E-state index in [0.29, 0.717) is 17.5 Å². The molecular formula is C57H33N5OS. The van der Waals surface area contributed by atoms with E-state index in [0.717, 1.165) is 82.8 Å². The molecule has 7 heteroatoms. The van der Waals surface area contributed by atoms with Gasteiger partial charge in [0.2, 0.25) is 0 Å². The number of hydrogen-bond acceptors (Lipinski definition) is 5. The normalized spacial score (nSPS) is 12.1. The van der Waals surface area contributed by atoms with Crippen LogP contribution in [0, 0.1) is 0 Å². The van der Waals surface area contributed by atoms with E-state index in [9.17, 15) is 0 Å². The van der Waals surface area contributed by atoms with Crippen LogP contribution in [0.15, 0.2) is 205 Å². The summed E-state index contributed by atoms with van der Waals surface area (Å²) in [5.41, 5.74) is 11.4. The summed E-state index contributed by atoms with van der Waals surface area (Å²) in [6, 6.07) is 70.8. The van der Waals surface area contributed by atoms with Crippen LogP contribution < -0.4 is 0 Å². The summed E-state index contributed by atoms with van der Waals surface area (Å²) in [4.78, 5) is 15.1. The van der Waals surface area contributed by atoms with Crippen molar-refractivity contribution in [3.05, 3.63) is 200 Å². The number of benzene rings is 9. The Morgan fingerprint density at radius 2 is 0.938 bits per heavy atom. The van der Waals surface area contributed by atoms with Gasteiger partial charge in [0, 0.05) is 75.2 Å². The molecule has 0 aliphatic heterocycles. The van der Waals surface area contributed by atoms with E-state index in [2.05, 4.69) is 143 Å². The maximum absolute atomic E-state index is 6.73. The molecule has 0 fully saturated rings. The first-order chi connectivity index (χ1) is 31.7. The molecule has 0 unspecified atom stereocenters. The van der Waals surface area contributed by atoms with Crippen LogP contribution in [0.5, 0.6) is 0 Å². The molecule has 0 aliphatic carbocycles. The fourth-order valence-corrected chi connectivity index (χ4v) is 11.0. The van der Waals surface area contributed by atoms with Gasteiger partial charge in [-0.3, -0.25) is 0 Å². The number of rotatable bonds is 5. The van der Waals surface area contributed by atoms with Crippen LogP contribution in [0.25, 0.3) is 131 Å². The number of furan rings is 1. The monoisotopic (exact) mass is 835 g/mol. The molecule has 0 spiro atoms. The Morgan fingerprint density at radius 3 is 1.67 bits per heavy atom. The second-order valence-electron chi connectivity index (χ2n) is 16.3. The molecule has 14 aromatic rings. The predicted molar refractivity (Wildman–Crippen MR) is 265 cm³/mol. The minimum absolute atomic E-state index is 0.644. The molecule has 0 atom stereocenters. The summed E-state index contributed by atoms with van der Waals surface area (Å²) in [6.45, 7) is 0. The molecule has 0 aliphatic rings. The SMILES string of the molecule is c1ccc(-c2nc(-c3ccccc3)nc(-c3ccc4sc5ccc(-n6c7ccccc7c7c6ccc6c8c9oc%10ccccc%10c9ccc8n(-c8ccccc8)c67)cc5c4c3)n2)cc1. The molecule has 0 radical (unpaired) electrons. The van der Waals surface area contributed by atoms with Crippen LogP contribution in [0.3, 0.4) is 0 Å². The van der Waals surface area contributed by atoms with Gasteiger partial charge in [-0.05, 0) is 84.9 Å². The summed E-state index contributed by atoms with van der Waals surface area (Å²) in [5.74, 6) is 1.94. The molecule has 14 rings (SSSR count). The third kappa shape index (κ3) is 5.16. The zero-order valence-corrected chi connectivity index (χ0v) is 34.9. The quantitative estimate of drug-likeness (QED) is 0.173. The summed E-state index contributed by atoms with van der Waals surface area (Å²) >= 11 is 1.81. The maximum Gasteiger partial charge on any atom is 0.164 e. The highest BCUT2D eigenvalue weighted by molar-refractivity contribution is 7.25. The molecular weight excluding hydrogens is 803 g/mol. The first-order valence-electron chi connectivity index (χ1n) is 21.4. The Balaban J connectivity index is 1.00. The summed E-state index contributed by atoms with van der Waals surface area (Å²) in [7, 11) is 0. The molecule has 0 bridgehead atoms. The van der Waals surface area contributed by atoms with Crippen LogP contribution in [0.2, 0.25) is 0 Å². The van der Waals surface area contributed by atoms with Crippen molar-refractivity contribution in [3.8, 4) is 45.5 Å². The molecule has 0 saturated heterocycles. The molecule has 64 heavy (non-hydrogen) atoms. The van der Waals surface area contributed by atoms with Gasteiger partial charge in [-0.15, -0.1) is 11.3 Å². The molecule has 0 saturated carbocycles. The number of para-hydroxylation sites is 3. The summed E-state index contributed by atoms with van der Waals surface area (Å²) in [6.07, 6.45) is 0. The van der Waals surface area contributed by atoms with Gasteiger partial charge in [0.1, 0.15) is 11.2 Å². The highest BCUT2D eigenvalue weighted by Gasteiger charge is 2.24. The lowest BCUT2D eigenvalue weighted by Crippen LogP contribution is -2.00. The fourth-order valence-electron chi connectivity index (χ4n) is 9.93. The van der Waals surface area contributed by atoms with Gasteiger partial charge < -0.3 is 13.6 Å². The first-order valence-corrected chi connectivity index (χ1v) is 22.3. The van der Waals surface area contributed by atoms with Crippen molar-refractivity contribution in [1.29, 1.82) is 0 Å². The van der Waals surface area contributed by atoms with Crippen molar-refractivity contribution < 1.29 is 4.42 Å². The Bertz CT molecular complexity index is 4130. The third-order valence-corrected chi connectivity index (χ3v) is 13.9. The van der Waals surface area contributed by atoms with Gasteiger partial charge in [0.15, 0.2) is 17.5 Å². The van der Waals surface area contributed by atoms with Crippen molar-refractivity contribution in [2.45, 2.75) is 0 Å². The highest BCUT2D eigenvalue weighted by Crippen LogP contribution is 2.46.